The zero-order chi connectivity index (χ0) is 29.6. The first-order chi connectivity index (χ1) is 18.8. The molecule has 1 aromatic carbocycles. The Bertz CT molecular complexity index is 1270. The van der Waals surface area contributed by atoms with Gasteiger partial charge in [-0.15, -0.1) is 11.3 Å². The first kappa shape index (κ1) is 30.5. The number of aromatic nitrogens is 1. The van der Waals surface area contributed by atoms with Crippen LogP contribution in [0.15, 0.2) is 23.6 Å². The van der Waals surface area contributed by atoms with Crippen molar-refractivity contribution >= 4 is 41.0 Å². The summed E-state index contributed by atoms with van der Waals surface area (Å²) >= 11 is 1.40. The lowest BCUT2D eigenvalue weighted by molar-refractivity contribution is -0.288. The van der Waals surface area contributed by atoms with Crippen LogP contribution in [0.25, 0.3) is 0 Å². The molecular weight excluding hydrogens is 550 g/mol. The van der Waals surface area contributed by atoms with Gasteiger partial charge in [0.2, 0.25) is 12.4 Å². The highest BCUT2D eigenvalue weighted by Crippen LogP contribution is 2.33. The van der Waals surface area contributed by atoms with Gasteiger partial charge in [0.05, 0.1) is 22.7 Å². The minimum absolute atomic E-state index is 0.000507. The molecule has 2 heterocycles. The van der Waals surface area contributed by atoms with Crippen molar-refractivity contribution in [2.45, 2.75) is 71.7 Å². The molecule has 13 nitrogen and oxygen atoms in total. The van der Waals surface area contributed by atoms with E-state index in [2.05, 4.69) is 4.98 Å². The average Bonchev–Trinajstić information content (AvgIpc) is 3.25. The van der Waals surface area contributed by atoms with Crippen molar-refractivity contribution in [1.29, 1.82) is 0 Å². The number of rotatable bonds is 10. The van der Waals surface area contributed by atoms with E-state index in [-0.39, 0.29) is 29.3 Å². The number of aromatic hydroxyl groups is 1. The van der Waals surface area contributed by atoms with Gasteiger partial charge in [-0.25, -0.2) is 4.98 Å². The second kappa shape index (κ2) is 13.3. The second-order valence-electron chi connectivity index (χ2n) is 8.82. The summed E-state index contributed by atoms with van der Waals surface area (Å²) in [5.41, 5.74) is 0.601. The van der Waals surface area contributed by atoms with Crippen LogP contribution >= 0.6 is 11.3 Å². The standard InChI is InChI=1S/C26H29NO12S/c1-12-27-17(11-40-12)8-20(32)19-7-6-18(9-21(19)33)38-26-25(37-16(5)31)24(36-15(4)30)23(35-14(3)29)22(39-26)10-34-13(2)28/h6-7,9,11,22-26,33H,8,10H2,1-5H3. The van der Waals surface area contributed by atoms with Crippen molar-refractivity contribution in [3.8, 4) is 11.5 Å². The topological polar surface area (TPSA) is 174 Å². The van der Waals surface area contributed by atoms with E-state index in [0.29, 0.717) is 5.69 Å². The number of phenolic OH excluding ortho intramolecular Hbond substituents is 1. The quantitative estimate of drug-likeness (QED) is 0.246. The smallest absolute Gasteiger partial charge is 0.303 e. The van der Waals surface area contributed by atoms with Crippen LogP contribution in [0.2, 0.25) is 0 Å². The molecule has 216 valence electrons. The first-order valence-corrected chi connectivity index (χ1v) is 13.0. The van der Waals surface area contributed by atoms with Gasteiger partial charge < -0.3 is 33.5 Å². The number of hydrogen-bond acceptors (Lipinski definition) is 14. The molecule has 0 spiro atoms. The Kier molecular flexibility index (Phi) is 10.2. The van der Waals surface area contributed by atoms with Gasteiger partial charge in [0.25, 0.3) is 0 Å². The molecule has 0 aliphatic carbocycles. The zero-order valence-corrected chi connectivity index (χ0v) is 23.2. The SMILES string of the molecule is CC(=O)OCC1OC(Oc2ccc(C(=O)Cc3csc(C)n3)c(O)c2)C(OC(C)=O)C(OC(C)=O)C1OC(C)=O. The van der Waals surface area contributed by atoms with Gasteiger partial charge in [-0.3, -0.25) is 24.0 Å². The maximum absolute atomic E-state index is 12.7. The summed E-state index contributed by atoms with van der Waals surface area (Å²) in [7, 11) is 0. The molecule has 5 unspecified atom stereocenters. The Morgan fingerprint density at radius 1 is 0.925 bits per heavy atom. The van der Waals surface area contributed by atoms with E-state index in [9.17, 15) is 29.1 Å². The van der Waals surface area contributed by atoms with Crippen LogP contribution < -0.4 is 4.74 Å². The van der Waals surface area contributed by atoms with Gasteiger partial charge in [0.15, 0.2) is 18.0 Å². The average molecular weight is 580 g/mol. The van der Waals surface area contributed by atoms with Crippen LogP contribution in [0, 0.1) is 6.92 Å². The molecule has 2 aromatic rings. The number of phenols is 1. The summed E-state index contributed by atoms with van der Waals surface area (Å²) in [6, 6.07) is 3.89. The van der Waals surface area contributed by atoms with Crippen LogP contribution in [0.3, 0.4) is 0 Å². The van der Waals surface area contributed by atoms with E-state index in [0.717, 1.165) is 38.8 Å². The number of aryl methyl sites for hydroxylation is 1. The van der Waals surface area contributed by atoms with Crippen LogP contribution in [0.1, 0.15) is 48.8 Å². The molecule has 0 bridgehead atoms. The molecule has 1 fully saturated rings. The number of thiazole rings is 1. The van der Waals surface area contributed by atoms with Crippen molar-refractivity contribution in [2.75, 3.05) is 6.61 Å². The monoisotopic (exact) mass is 579 g/mol. The second-order valence-corrected chi connectivity index (χ2v) is 9.88. The summed E-state index contributed by atoms with van der Waals surface area (Å²) in [6.45, 7) is 5.86. The Hall–Kier alpha value is -4.04. The molecule has 0 radical (unpaired) electrons. The summed E-state index contributed by atoms with van der Waals surface area (Å²) in [5.74, 6) is -3.77. The molecule has 3 rings (SSSR count). The summed E-state index contributed by atoms with van der Waals surface area (Å²) in [5, 5.41) is 13.1. The normalized spacial score (nSPS) is 22.1. The molecule has 1 N–H and O–H groups in total. The van der Waals surface area contributed by atoms with Gasteiger partial charge in [-0.05, 0) is 19.1 Å². The fourth-order valence-electron chi connectivity index (χ4n) is 3.99. The van der Waals surface area contributed by atoms with E-state index in [1.165, 1.54) is 23.5 Å². The van der Waals surface area contributed by atoms with E-state index in [1.54, 1.807) is 5.38 Å². The lowest BCUT2D eigenvalue weighted by Gasteiger charge is -2.43. The largest absolute Gasteiger partial charge is 0.507 e. The Balaban J connectivity index is 1.91. The number of Topliss-reactive ketones (excluding diaryl/α,β-unsaturated/α-hetero) is 1. The number of carbonyl (C=O) groups excluding carboxylic acids is 5. The predicted octanol–water partition coefficient (Wildman–Crippen LogP) is 2.04. The molecule has 0 saturated carbocycles. The number of esters is 4. The highest BCUT2D eigenvalue weighted by molar-refractivity contribution is 7.09. The summed E-state index contributed by atoms with van der Waals surface area (Å²) < 4.78 is 32.8. The molecule has 0 amide bonds. The summed E-state index contributed by atoms with van der Waals surface area (Å²) in [4.78, 5) is 64.2. The van der Waals surface area contributed by atoms with Crippen molar-refractivity contribution in [1.82, 2.24) is 4.98 Å². The number of hydrogen-bond donors (Lipinski definition) is 1. The molecule has 14 heteroatoms. The molecule has 40 heavy (non-hydrogen) atoms. The van der Waals surface area contributed by atoms with E-state index >= 15 is 0 Å². The van der Waals surface area contributed by atoms with Crippen LogP contribution in [-0.4, -0.2) is 77.1 Å². The van der Waals surface area contributed by atoms with Gasteiger partial charge in [-0.1, -0.05) is 0 Å². The Morgan fingerprint density at radius 3 is 2.10 bits per heavy atom. The van der Waals surface area contributed by atoms with E-state index in [1.807, 2.05) is 6.92 Å². The number of nitrogens with zero attached hydrogens (tertiary/aromatic N) is 1. The minimum atomic E-state index is -1.49. The maximum Gasteiger partial charge on any atom is 0.303 e. The first-order valence-electron chi connectivity index (χ1n) is 12.1. The molecule has 1 saturated heterocycles. The molecule has 1 aliphatic heterocycles. The van der Waals surface area contributed by atoms with Gasteiger partial charge in [0.1, 0.15) is 24.2 Å². The van der Waals surface area contributed by atoms with Crippen LogP contribution in [0.4, 0.5) is 0 Å². The molecule has 5 atom stereocenters. The van der Waals surface area contributed by atoms with Crippen molar-refractivity contribution in [2.24, 2.45) is 0 Å². The van der Waals surface area contributed by atoms with Gasteiger partial charge in [0, 0.05) is 39.1 Å². The third kappa shape index (κ3) is 8.23. The zero-order valence-electron chi connectivity index (χ0n) is 22.4. The number of benzene rings is 1. The Labute approximate surface area is 233 Å². The number of carbonyl (C=O) groups is 5. The molecular formula is C26H29NO12S. The van der Waals surface area contributed by atoms with Gasteiger partial charge >= 0.3 is 23.9 Å². The predicted molar refractivity (Wildman–Crippen MR) is 136 cm³/mol. The lowest BCUT2D eigenvalue weighted by atomic mass is 9.98. The van der Waals surface area contributed by atoms with E-state index < -0.39 is 61.2 Å². The lowest BCUT2D eigenvalue weighted by Crippen LogP contribution is -2.63. The van der Waals surface area contributed by atoms with Crippen molar-refractivity contribution < 1.29 is 57.5 Å². The van der Waals surface area contributed by atoms with Crippen molar-refractivity contribution in [3.63, 3.8) is 0 Å². The molecule has 1 aliphatic rings. The highest BCUT2D eigenvalue weighted by atomic mass is 32.1. The Morgan fingerprint density at radius 2 is 1.55 bits per heavy atom. The van der Waals surface area contributed by atoms with Crippen molar-refractivity contribution in [3.05, 3.63) is 39.8 Å². The highest BCUT2D eigenvalue weighted by Gasteiger charge is 2.53. The van der Waals surface area contributed by atoms with Crippen LogP contribution in [-0.2, 0) is 49.3 Å². The third-order valence-corrected chi connectivity index (χ3v) is 6.30. The third-order valence-electron chi connectivity index (χ3n) is 5.48. The fraction of sp³-hybridized carbons (Fsp3) is 0.462. The summed E-state index contributed by atoms with van der Waals surface area (Å²) in [6.07, 6.45) is -6.91. The fourth-order valence-corrected chi connectivity index (χ4v) is 4.60. The number of ether oxygens (including phenoxy) is 6. The van der Waals surface area contributed by atoms with Gasteiger partial charge in [-0.2, -0.15) is 0 Å². The van der Waals surface area contributed by atoms with Crippen LogP contribution in [0.5, 0.6) is 11.5 Å². The molecule has 1 aromatic heterocycles. The van der Waals surface area contributed by atoms with E-state index in [4.69, 9.17) is 28.4 Å². The minimum Gasteiger partial charge on any atom is -0.507 e. The number of ketones is 1. The maximum atomic E-state index is 12.7.